The Labute approximate surface area is 159 Å². The van der Waals surface area contributed by atoms with E-state index in [2.05, 4.69) is 38.1 Å². The lowest BCUT2D eigenvalue weighted by molar-refractivity contribution is 0.290. The highest BCUT2D eigenvalue weighted by Crippen LogP contribution is 2.40. The van der Waals surface area contributed by atoms with Crippen molar-refractivity contribution in [2.24, 2.45) is 5.18 Å². The lowest BCUT2D eigenvalue weighted by Gasteiger charge is -2.19. The molecule has 3 aromatic rings. The number of hydrogen-bond donors (Lipinski definition) is 1. The maximum absolute atomic E-state index is 11.2. The van der Waals surface area contributed by atoms with Gasteiger partial charge in [-0.2, -0.15) is 0 Å². The fourth-order valence-corrected chi connectivity index (χ4v) is 3.47. The summed E-state index contributed by atoms with van der Waals surface area (Å²) < 4.78 is 7.55. The Morgan fingerprint density at radius 2 is 1.78 bits per heavy atom. The average molecular weight is 366 g/mol. The van der Waals surface area contributed by atoms with Crippen molar-refractivity contribution in [3.05, 3.63) is 58.0 Å². The molecule has 27 heavy (non-hydrogen) atoms. The highest BCUT2D eigenvalue weighted by molar-refractivity contribution is 5.97. The number of ether oxygens (including phenoxy) is 1. The first kappa shape index (κ1) is 19.0. The second-order valence-electron chi connectivity index (χ2n) is 8.02. The average Bonchev–Trinajstić information content (AvgIpc) is 2.86. The summed E-state index contributed by atoms with van der Waals surface area (Å²) in [5.41, 5.74) is 4.27. The van der Waals surface area contributed by atoms with Crippen LogP contribution in [-0.4, -0.2) is 16.3 Å². The Morgan fingerprint density at radius 1 is 1.11 bits per heavy atom. The zero-order valence-electron chi connectivity index (χ0n) is 16.5. The molecule has 0 saturated heterocycles. The number of fused-ring (bicyclic) bond motifs is 1. The predicted octanol–water partition coefficient (Wildman–Crippen LogP) is 5.74. The van der Waals surface area contributed by atoms with E-state index in [0.29, 0.717) is 18.5 Å². The van der Waals surface area contributed by atoms with Crippen molar-refractivity contribution in [1.29, 1.82) is 0 Å². The van der Waals surface area contributed by atoms with Crippen LogP contribution in [0.25, 0.3) is 10.9 Å². The Kier molecular flexibility index (Phi) is 4.96. The molecule has 0 amide bonds. The monoisotopic (exact) mass is 366 g/mol. The lowest BCUT2D eigenvalue weighted by Crippen LogP contribution is -2.11. The molecule has 0 atom stereocenters. The molecule has 142 valence electrons. The van der Waals surface area contributed by atoms with Gasteiger partial charge in [-0.3, -0.25) is 0 Å². The molecule has 5 nitrogen and oxygen atoms in total. The molecule has 0 aliphatic heterocycles. The molecule has 0 aliphatic rings. The molecule has 0 bridgehead atoms. The van der Waals surface area contributed by atoms with Gasteiger partial charge in [-0.05, 0) is 53.8 Å². The Balaban J connectivity index is 1.81. The quantitative estimate of drug-likeness (QED) is 0.586. The summed E-state index contributed by atoms with van der Waals surface area (Å²) in [5.74, 6) is 0.667. The van der Waals surface area contributed by atoms with Crippen molar-refractivity contribution in [2.75, 3.05) is 6.61 Å². The number of aromatic nitrogens is 1. The van der Waals surface area contributed by atoms with E-state index in [0.717, 1.165) is 22.4 Å². The highest BCUT2D eigenvalue weighted by Gasteiger charge is 2.19. The number of benzene rings is 2. The topological polar surface area (TPSA) is 63.8 Å². The SMILES string of the molecule is Cc1cc(C)c2c(c1)c(N=O)c(O)n2CCOc1ccc(C(C)(C)C)cc1. The van der Waals surface area contributed by atoms with Crippen LogP contribution in [0.5, 0.6) is 11.6 Å². The minimum absolute atomic E-state index is 0.0892. The summed E-state index contributed by atoms with van der Waals surface area (Å²) in [6.45, 7) is 11.2. The third-order valence-corrected chi connectivity index (χ3v) is 4.83. The molecule has 3 rings (SSSR count). The van der Waals surface area contributed by atoms with Gasteiger partial charge in [0.25, 0.3) is 0 Å². The first-order valence-electron chi connectivity index (χ1n) is 9.11. The third kappa shape index (κ3) is 3.68. The van der Waals surface area contributed by atoms with Crippen LogP contribution in [0, 0.1) is 18.8 Å². The van der Waals surface area contributed by atoms with Crippen molar-refractivity contribution in [3.8, 4) is 11.6 Å². The zero-order chi connectivity index (χ0) is 19.8. The van der Waals surface area contributed by atoms with E-state index < -0.39 is 0 Å². The summed E-state index contributed by atoms with van der Waals surface area (Å²) in [5, 5.41) is 14.2. The molecule has 0 saturated carbocycles. The van der Waals surface area contributed by atoms with Gasteiger partial charge in [0.05, 0.1) is 12.1 Å². The van der Waals surface area contributed by atoms with Gasteiger partial charge in [0.1, 0.15) is 12.4 Å². The molecule has 1 N–H and O–H groups in total. The number of aromatic hydroxyl groups is 1. The normalized spacial score (nSPS) is 11.7. The van der Waals surface area contributed by atoms with Crippen molar-refractivity contribution in [1.82, 2.24) is 4.57 Å². The van der Waals surface area contributed by atoms with E-state index >= 15 is 0 Å². The number of nitrogens with zero attached hydrogens (tertiary/aromatic N) is 2. The van der Waals surface area contributed by atoms with Gasteiger partial charge < -0.3 is 14.4 Å². The van der Waals surface area contributed by atoms with Crippen LogP contribution >= 0.6 is 0 Å². The summed E-state index contributed by atoms with van der Waals surface area (Å²) >= 11 is 0. The van der Waals surface area contributed by atoms with Crippen LogP contribution < -0.4 is 4.74 Å². The van der Waals surface area contributed by atoms with Crippen LogP contribution in [0.4, 0.5) is 5.69 Å². The van der Waals surface area contributed by atoms with E-state index in [4.69, 9.17) is 4.74 Å². The predicted molar refractivity (Wildman–Crippen MR) is 109 cm³/mol. The smallest absolute Gasteiger partial charge is 0.222 e. The molecule has 0 spiro atoms. The van der Waals surface area contributed by atoms with E-state index in [1.807, 2.05) is 38.1 Å². The molecule has 0 aliphatic carbocycles. The third-order valence-electron chi connectivity index (χ3n) is 4.83. The van der Waals surface area contributed by atoms with Gasteiger partial charge in [-0.15, -0.1) is 4.91 Å². The molecular weight excluding hydrogens is 340 g/mol. The van der Waals surface area contributed by atoms with Crippen molar-refractivity contribution in [2.45, 2.75) is 46.6 Å². The summed E-state index contributed by atoms with van der Waals surface area (Å²) in [6, 6.07) is 12.0. The van der Waals surface area contributed by atoms with Crippen molar-refractivity contribution >= 4 is 16.6 Å². The Morgan fingerprint density at radius 3 is 2.37 bits per heavy atom. The molecule has 0 radical (unpaired) electrons. The summed E-state index contributed by atoms with van der Waals surface area (Å²) in [4.78, 5) is 11.2. The van der Waals surface area contributed by atoms with E-state index in [1.165, 1.54) is 5.56 Å². The molecule has 1 aromatic heterocycles. The zero-order valence-corrected chi connectivity index (χ0v) is 16.5. The molecule has 5 heteroatoms. The number of aryl methyl sites for hydroxylation is 2. The fourth-order valence-electron chi connectivity index (χ4n) is 3.47. The molecule has 0 unspecified atom stereocenters. The van der Waals surface area contributed by atoms with E-state index in [-0.39, 0.29) is 17.0 Å². The van der Waals surface area contributed by atoms with Crippen LogP contribution in [-0.2, 0) is 12.0 Å². The summed E-state index contributed by atoms with van der Waals surface area (Å²) in [6.07, 6.45) is 0. The number of rotatable bonds is 5. The van der Waals surface area contributed by atoms with E-state index in [1.54, 1.807) is 4.57 Å². The van der Waals surface area contributed by atoms with Crippen molar-refractivity contribution in [3.63, 3.8) is 0 Å². The highest BCUT2D eigenvalue weighted by atomic mass is 16.5. The second-order valence-corrected chi connectivity index (χ2v) is 8.02. The molecule has 1 heterocycles. The number of hydrogen-bond acceptors (Lipinski definition) is 4. The van der Waals surface area contributed by atoms with Gasteiger partial charge in [-0.1, -0.05) is 44.5 Å². The first-order chi connectivity index (χ1) is 12.7. The largest absolute Gasteiger partial charge is 0.493 e. The van der Waals surface area contributed by atoms with Gasteiger partial charge >= 0.3 is 0 Å². The Bertz CT molecular complexity index is 980. The van der Waals surface area contributed by atoms with Crippen LogP contribution in [0.1, 0.15) is 37.5 Å². The molecular formula is C22H26N2O3. The number of nitroso groups, excluding NO2 is 1. The standard InChI is InChI=1S/C22H26N2O3/c1-14-12-15(2)20-18(13-14)19(23-26)21(25)24(20)10-11-27-17-8-6-16(7-9-17)22(3,4)5/h6-9,12-13,25H,10-11H2,1-5H3. The fraction of sp³-hybridized carbons (Fsp3) is 0.364. The van der Waals surface area contributed by atoms with Gasteiger partial charge in [0.15, 0.2) is 5.69 Å². The maximum atomic E-state index is 11.2. The summed E-state index contributed by atoms with van der Waals surface area (Å²) in [7, 11) is 0. The van der Waals surface area contributed by atoms with Crippen LogP contribution in [0.3, 0.4) is 0 Å². The van der Waals surface area contributed by atoms with Gasteiger partial charge in [0.2, 0.25) is 5.88 Å². The van der Waals surface area contributed by atoms with Crippen LogP contribution in [0.2, 0.25) is 0 Å². The van der Waals surface area contributed by atoms with Gasteiger partial charge in [0, 0.05) is 5.39 Å². The molecule has 0 fully saturated rings. The maximum Gasteiger partial charge on any atom is 0.222 e. The first-order valence-corrected chi connectivity index (χ1v) is 9.11. The minimum atomic E-state index is -0.111. The lowest BCUT2D eigenvalue weighted by atomic mass is 9.87. The van der Waals surface area contributed by atoms with Gasteiger partial charge in [-0.25, -0.2) is 0 Å². The molecule has 2 aromatic carbocycles. The van der Waals surface area contributed by atoms with Crippen molar-refractivity contribution < 1.29 is 9.84 Å². The second kappa shape index (κ2) is 7.06. The Hall–Kier alpha value is -2.82. The van der Waals surface area contributed by atoms with E-state index in [9.17, 15) is 10.0 Å². The van der Waals surface area contributed by atoms with Crippen LogP contribution in [0.15, 0.2) is 41.6 Å². The minimum Gasteiger partial charge on any atom is -0.493 e.